The van der Waals surface area contributed by atoms with Crippen LogP contribution in [-0.4, -0.2) is 33.8 Å². The Kier molecular flexibility index (Phi) is 6.53. The van der Waals surface area contributed by atoms with Crippen molar-refractivity contribution in [3.8, 4) is 0 Å². The third-order valence-corrected chi connectivity index (χ3v) is 5.78. The predicted octanol–water partition coefficient (Wildman–Crippen LogP) is 4.95. The zero-order valence-electron chi connectivity index (χ0n) is 16.6. The summed E-state index contributed by atoms with van der Waals surface area (Å²) in [4.78, 5) is 18.6. The number of rotatable bonds is 5. The van der Waals surface area contributed by atoms with Gasteiger partial charge in [0.05, 0.1) is 12.7 Å². The smallest absolute Gasteiger partial charge is 0.282 e. The summed E-state index contributed by atoms with van der Waals surface area (Å²) in [6.07, 6.45) is 1.00. The maximum Gasteiger partial charge on any atom is 0.282 e. The van der Waals surface area contributed by atoms with E-state index >= 15 is 0 Å². The Hall–Kier alpha value is -1.37. The molecule has 2 rings (SSSR count). The van der Waals surface area contributed by atoms with Crippen molar-refractivity contribution < 1.29 is 14.4 Å². The van der Waals surface area contributed by atoms with Gasteiger partial charge in [0.2, 0.25) is 4.38 Å². The van der Waals surface area contributed by atoms with Gasteiger partial charge in [0, 0.05) is 5.75 Å². The lowest BCUT2D eigenvalue weighted by Gasteiger charge is -2.30. The van der Waals surface area contributed by atoms with Gasteiger partial charge in [-0.25, -0.2) is 5.06 Å². The average molecular weight is 394 g/mol. The monoisotopic (exact) mass is 393 g/mol. The molecule has 0 saturated heterocycles. The van der Waals surface area contributed by atoms with Crippen molar-refractivity contribution in [3.63, 3.8) is 0 Å². The van der Waals surface area contributed by atoms with Crippen molar-refractivity contribution in [2.24, 2.45) is 0 Å². The van der Waals surface area contributed by atoms with Crippen LogP contribution in [0, 0.1) is 20.8 Å². The van der Waals surface area contributed by atoms with Gasteiger partial charge in [0.1, 0.15) is 11.3 Å². The molecule has 1 aromatic rings. The summed E-state index contributed by atoms with van der Waals surface area (Å²) in [7, 11) is 1.50. The van der Waals surface area contributed by atoms with E-state index in [4.69, 9.17) is 21.8 Å². The minimum atomic E-state index is -0.748. The number of thioether (sulfide) groups is 1. The van der Waals surface area contributed by atoms with E-state index in [1.165, 1.54) is 23.9 Å². The topological polar surface area (TPSA) is 38.8 Å². The summed E-state index contributed by atoms with van der Waals surface area (Å²) in [5.41, 5.74) is 3.91. The number of amides is 1. The number of ether oxygens (including phenoxy) is 1. The Bertz CT molecular complexity index is 745. The molecule has 0 saturated carbocycles. The molecule has 4 nitrogen and oxygen atoms in total. The molecule has 26 heavy (non-hydrogen) atoms. The van der Waals surface area contributed by atoms with E-state index < -0.39 is 5.54 Å². The first-order valence-corrected chi connectivity index (χ1v) is 10.1. The van der Waals surface area contributed by atoms with Crippen LogP contribution in [0.3, 0.4) is 0 Å². The first kappa shape index (κ1) is 20.9. The second-order valence-electron chi connectivity index (χ2n) is 7.02. The fourth-order valence-corrected chi connectivity index (χ4v) is 4.28. The van der Waals surface area contributed by atoms with Crippen LogP contribution in [0.1, 0.15) is 49.4 Å². The molecule has 6 heteroatoms. The summed E-state index contributed by atoms with van der Waals surface area (Å²) in [6.45, 7) is 12.0. The summed E-state index contributed by atoms with van der Waals surface area (Å²) in [5, 5.41) is 1.36. The molecule has 1 aliphatic rings. The molecule has 0 atom stereocenters. The molecule has 0 N–H and O–H groups in total. The number of hydrogen-bond acceptors (Lipinski definition) is 5. The van der Waals surface area contributed by atoms with Crippen LogP contribution in [0.4, 0.5) is 0 Å². The number of thiocarbonyl (C=S) groups is 1. The second kappa shape index (κ2) is 8.11. The molecule has 0 unspecified atom stereocenters. The van der Waals surface area contributed by atoms with E-state index in [1.54, 1.807) is 0 Å². The molecule has 0 aliphatic carbocycles. The average Bonchev–Trinajstić information content (AvgIpc) is 2.71. The molecule has 1 amide bonds. The zero-order valence-corrected chi connectivity index (χ0v) is 18.2. The molecular weight excluding hydrogens is 366 g/mol. The first-order chi connectivity index (χ1) is 12.1. The lowest BCUT2D eigenvalue weighted by molar-refractivity contribution is -0.189. The predicted molar refractivity (Wildman–Crippen MR) is 112 cm³/mol. The van der Waals surface area contributed by atoms with Gasteiger partial charge < -0.3 is 4.74 Å². The lowest BCUT2D eigenvalue weighted by atomic mass is 9.91. The van der Waals surface area contributed by atoms with Crippen molar-refractivity contribution >= 4 is 39.8 Å². The molecule has 142 valence electrons. The number of carbonyl (C=O) groups excluding carboxylic acids is 1. The Morgan fingerprint density at radius 1 is 1.23 bits per heavy atom. The molecule has 0 bridgehead atoms. The summed E-state index contributed by atoms with van der Waals surface area (Å²) in [6, 6.07) is 4.15. The summed E-state index contributed by atoms with van der Waals surface area (Å²) < 4.78 is 6.50. The van der Waals surface area contributed by atoms with Crippen LogP contribution in [0.5, 0.6) is 0 Å². The van der Waals surface area contributed by atoms with Gasteiger partial charge in [-0.2, -0.15) is 0 Å². The molecule has 0 spiro atoms. The Morgan fingerprint density at radius 2 is 1.81 bits per heavy atom. The Morgan fingerprint density at radius 3 is 2.31 bits per heavy atom. The van der Waals surface area contributed by atoms with Crippen molar-refractivity contribution in [3.05, 3.63) is 40.1 Å². The third kappa shape index (κ3) is 3.82. The van der Waals surface area contributed by atoms with Crippen molar-refractivity contribution in [2.75, 3.05) is 12.9 Å². The van der Waals surface area contributed by atoms with E-state index in [9.17, 15) is 4.79 Å². The van der Waals surface area contributed by atoms with Crippen LogP contribution in [-0.2, 0) is 14.4 Å². The highest BCUT2D eigenvalue weighted by atomic mass is 32.2. The van der Waals surface area contributed by atoms with Gasteiger partial charge in [-0.15, -0.1) is 0 Å². The highest BCUT2D eigenvalue weighted by Crippen LogP contribution is 2.43. The van der Waals surface area contributed by atoms with Crippen LogP contribution in [0.25, 0.3) is 5.57 Å². The van der Waals surface area contributed by atoms with E-state index in [2.05, 4.69) is 19.1 Å². The van der Waals surface area contributed by atoms with Crippen LogP contribution in [0.2, 0.25) is 0 Å². The van der Waals surface area contributed by atoms with Crippen LogP contribution >= 0.6 is 24.0 Å². The minimum Gasteiger partial charge on any atom is -0.441 e. The number of carbonyl (C=O) groups is 1. The Labute approximate surface area is 165 Å². The normalized spacial score (nSPS) is 16.4. The number of nitrogens with zero attached hydrogens (tertiary/aromatic N) is 1. The molecular formula is C20H27NO3S2. The fourth-order valence-electron chi connectivity index (χ4n) is 3.43. The van der Waals surface area contributed by atoms with E-state index in [0.717, 1.165) is 34.4 Å². The zero-order chi connectivity index (χ0) is 19.6. The van der Waals surface area contributed by atoms with Crippen molar-refractivity contribution in [1.82, 2.24) is 5.06 Å². The maximum absolute atomic E-state index is 13.2. The molecule has 0 aromatic heterocycles. The number of hydrogen-bond donors (Lipinski definition) is 0. The Balaban J connectivity index is 2.63. The SMILES string of the molecule is CCCSC(=S)OC1=C(c2c(C)cc(C)cc2C)C(=O)N(OC)C1(C)C. The van der Waals surface area contributed by atoms with Gasteiger partial charge in [-0.3, -0.25) is 9.63 Å². The highest BCUT2D eigenvalue weighted by Gasteiger charge is 2.49. The maximum atomic E-state index is 13.2. The van der Waals surface area contributed by atoms with Gasteiger partial charge in [0.15, 0.2) is 0 Å². The van der Waals surface area contributed by atoms with E-state index in [1.807, 2.05) is 34.6 Å². The van der Waals surface area contributed by atoms with E-state index in [-0.39, 0.29) is 5.91 Å². The number of aryl methyl sites for hydroxylation is 3. The van der Waals surface area contributed by atoms with Crippen LogP contribution in [0.15, 0.2) is 17.9 Å². The molecule has 1 aliphatic heterocycles. The third-order valence-electron chi connectivity index (χ3n) is 4.41. The second-order valence-corrected chi connectivity index (χ2v) is 8.72. The summed E-state index contributed by atoms with van der Waals surface area (Å²) >= 11 is 6.88. The standard InChI is InChI=1S/C20H27NO3S2/c1-8-9-26-19(25)24-17-16(18(22)21(23-7)20(17,5)6)15-13(3)10-12(2)11-14(15)4/h10-11H,8-9H2,1-7H3. The summed E-state index contributed by atoms with van der Waals surface area (Å²) in [5.74, 6) is 1.23. The number of benzene rings is 1. The number of hydroxylamine groups is 2. The minimum absolute atomic E-state index is 0.203. The molecule has 0 fully saturated rings. The fraction of sp³-hybridized carbons (Fsp3) is 0.500. The quantitative estimate of drug-likeness (QED) is 0.662. The van der Waals surface area contributed by atoms with Gasteiger partial charge in [-0.1, -0.05) is 36.4 Å². The lowest BCUT2D eigenvalue weighted by Crippen LogP contribution is -2.43. The van der Waals surface area contributed by atoms with Gasteiger partial charge in [-0.05, 0) is 69.9 Å². The largest absolute Gasteiger partial charge is 0.441 e. The molecule has 1 aromatic carbocycles. The molecule has 1 heterocycles. The van der Waals surface area contributed by atoms with Gasteiger partial charge in [0.25, 0.3) is 5.91 Å². The first-order valence-electron chi connectivity index (χ1n) is 8.71. The highest BCUT2D eigenvalue weighted by molar-refractivity contribution is 8.22. The molecule has 0 radical (unpaired) electrons. The van der Waals surface area contributed by atoms with Crippen molar-refractivity contribution in [1.29, 1.82) is 0 Å². The van der Waals surface area contributed by atoms with Crippen LogP contribution < -0.4 is 0 Å². The van der Waals surface area contributed by atoms with Crippen molar-refractivity contribution in [2.45, 2.75) is 53.5 Å². The van der Waals surface area contributed by atoms with E-state index in [0.29, 0.717) is 15.7 Å². The van der Waals surface area contributed by atoms with Gasteiger partial charge >= 0.3 is 0 Å².